The zero-order chi connectivity index (χ0) is 28.7. The second kappa shape index (κ2) is 11.6. The molecule has 1 unspecified atom stereocenters. The highest BCUT2D eigenvalue weighted by Crippen LogP contribution is 2.60. The molecule has 3 saturated carbocycles. The molecule has 1 amide bonds. The fraction of sp³-hybridized carbons (Fsp3) is 0.629. The molecule has 0 radical (unpaired) electrons. The van der Waals surface area contributed by atoms with Gasteiger partial charge in [-0.1, -0.05) is 68.5 Å². The SMILES string of the molecule is C=C1/C(=C\C=C2/CCC[C@@]3(C)C2CC[C@@H]3[C@H](C)C[C@@H]2C[C@](C)(O)C(=O)N2CCc2ccccc2)C[C@@H](O)C[C@@H]1O. The summed E-state index contributed by atoms with van der Waals surface area (Å²) in [7, 11) is 0. The first-order valence-corrected chi connectivity index (χ1v) is 15.5. The van der Waals surface area contributed by atoms with E-state index < -0.39 is 17.8 Å². The molecule has 1 aromatic carbocycles. The average molecular weight is 548 g/mol. The van der Waals surface area contributed by atoms with Gasteiger partial charge in [-0.15, -0.1) is 0 Å². The Balaban J connectivity index is 1.28. The summed E-state index contributed by atoms with van der Waals surface area (Å²) in [5, 5.41) is 31.4. The molecule has 0 aromatic heterocycles. The Morgan fingerprint density at radius 3 is 2.65 bits per heavy atom. The van der Waals surface area contributed by atoms with Crippen LogP contribution in [0.2, 0.25) is 0 Å². The van der Waals surface area contributed by atoms with Gasteiger partial charge in [-0.05, 0) is 98.2 Å². The molecule has 1 heterocycles. The van der Waals surface area contributed by atoms with Gasteiger partial charge in [-0.3, -0.25) is 4.79 Å². The van der Waals surface area contributed by atoms with Crippen molar-refractivity contribution in [1.29, 1.82) is 0 Å². The van der Waals surface area contributed by atoms with Gasteiger partial charge in [-0.2, -0.15) is 0 Å². The normalized spacial score (nSPS) is 39.2. The summed E-state index contributed by atoms with van der Waals surface area (Å²) in [4.78, 5) is 15.2. The second-order valence-electron chi connectivity index (χ2n) is 13.7. The summed E-state index contributed by atoms with van der Waals surface area (Å²) < 4.78 is 0. The van der Waals surface area contributed by atoms with Crippen LogP contribution in [0.4, 0.5) is 0 Å². The number of amides is 1. The molecule has 5 heteroatoms. The maximum atomic E-state index is 13.2. The number of hydrogen-bond acceptors (Lipinski definition) is 4. The molecule has 4 aliphatic rings. The van der Waals surface area contributed by atoms with Crippen LogP contribution in [0.15, 0.2) is 65.8 Å². The number of likely N-dealkylation sites (tertiary alicyclic amines) is 1. The predicted octanol–water partition coefficient (Wildman–Crippen LogP) is 5.75. The van der Waals surface area contributed by atoms with Gasteiger partial charge in [0.25, 0.3) is 5.91 Å². The van der Waals surface area contributed by atoms with Crippen molar-refractivity contribution in [3.05, 3.63) is 71.3 Å². The van der Waals surface area contributed by atoms with Gasteiger partial charge in [0, 0.05) is 25.4 Å². The first-order valence-electron chi connectivity index (χ1n) is 15.5. The maximum absolute atomic E-state index is 13.2. The molecule has 8 atom stereocenters. The van der Waals surface area contributed by atoms with E-state index in [9.17, 15) is 20.1 Å². The fourth-order valence-electron chi connectivity index (χ4n) is 8.79. The Morgan fingerprint density at radius 1 is 1.15 bits per heavy atom. The van der Waals surface area contributed by atoms with Crippen molar-refractivity contribution >= 4 is 5.91 Å². The molecule has 1 aromatic rings. The quantitative estimate of drug-likeness (QED) is 0.406. The number of nitrogens with zero attached hydrogens (tertiary/aromatic N) is 1. The molecule has 40 heavy (non-hydrogen) atoms. The van der Waals surface area contributed by atoms with Crippen LogP contribution in [-0.2, 0) is 11.2 Å². The molecular weight excluding hydrogens is 498 g/mol. The Hall–Kier alpha value is -2.21. The topological polar surface area (TPSA) is 81.0 Å². The number of carbonyl (C=O) groups is 1. The first kappa shape index (κ1) is 29.3. The highest BCUT2D eigenvalue weighted by atomic mass is 16.3. The van der Waals surface area contributed by atoms with Crippen LogP contribution in [0, 0.1) is 23.2 Å². The van der Waals surface area contributed by atoms with Crippen LogP contribution < -0.4 is 0 Å². The van der Waals surface area contributed by atoms with E-state index >= 15 is 0 Å². The molecule has 4 fully saturated rings. The zero-order valence-electron chi connectivity index (χ0n) is 24.7. The highest BCUT2D eigenvalue weighted by Gasteiger charge is 2.53. The van der Waals surface area contributed by atoms with E-state index in [1.165, 1.54) is 36.8 Å². The lowest BCUT2D eigenvalue weighted by Gasteiger charge is -2.45. The van der Waals surface area contributed by atoms with Crippen molar-refractivity contribution in [3.63, 3.8) is 0 Å². The third-order valence-electron chi connectivity index (χ3n) is 10.9. The Labute approximate surface area is 240 Å². The third-order valence-corrected chi connectivity index (χ3v) is 10.9. The summed E-state index contributed by atoms with van der Waals surface area (Å²) in [5.41, 5.74) is 3.39. The van der Waals surface area contributed by atoms with Crippen LogP contribution in [0.1, 0.15) is 84.1 Å². The van der Waals surface area contributed by atoms with Crippen LogP contribution in [-0.4, -0.2) is 56.5 Å². The van der Waals surface area contributed by atoms with Crippen molar-refractivity contribution < 1.29 is 20.1 Å². The number of aliphatic hydroxyl groups excluding tert-OH is 2. The molecule has 3 N–H and O–H groups in total. The highest BCUT2D eigenvalue weighted by molar-refractivity contribution is 5.87. The minimum Gasteiger partial charge on any atom is -0.393 e. The average Bonchev–Trinajstić information content (AvgIpc) is 3.37. The molecule has 5 nitrogen and oxygen atoms in total. The number of aliphatic hydroxyl groups is 3. The Bertz CT molecular complexity index is 1150. The molecule has 1 saturated heterocycles. The summed E-state index contributed by atoms with van der Waals surface area (Å²) in [5.74, 6) is 1.46. The van der Waals surface area contributed by atoms with Gasteiger partial charge in [0.2, 0.25) is 0 Å². The summed E-state index contributed by atoms with van der Waals surface area (Å²) in [6.07, 6.45) is 12.3. The zero-order valence-corrected chi connectivity index (χ0v) is 24.7. The van der Waals surface area contributed by atoms with Gasteiger partial charge in [0.1, 0.15) is 5.60 Å². The lowest BCUT2D eigenvalue weighted by atomic mass is 9.60. The summed E-state index contributed by atoms with van der Waals surface area (Å²) in [6, 6.07) is 10.4. The standard InChI is InChI=1S/C35H49NO4/c1-23(19-28-22-35(4,40)33(39)36(28)18-16-25-9-6-5-7-10-25)30-14-15-31-26(11-8-17-34(30,31)3)12-13-27-20-29(37)21-32(38)24(27)2/h5-7,9-10,12-13,23,28-32,37-38,40H,2,8,11,14-22H2,1,3-4H3/b26-12+,27-13-/t23-,28-,29-,30-,31?,32+,34-,35+/m1/s1. The van der Waals surface area contributed by atoms with Gasteiger partial charge in [-0.25, -0.2) is 0 Å². The molecular formula is C35H49NO4. The molecule has 1 aliphatic heterocycles. The molecule has 218 valence electrons. The smallest absolute Gasteiger partial charge is 0.254 e. The number of benzene rings is 1. The Morgan fingerprint density at radius 2 is 1.90 bits per heavy atom. The van der Waals surface area contributed by atoms with Crippen LogP contribution in [0.3, 0.4) is 0 Å². The molecule has 5 rings (SSSR count). The number of carbonyl (C=O) groups excluding carboxylic acids is 1. The minimum atomic E-state index is -1.28. The van der Waals surface area contributed by atoms with Crippen molar-refractivity contribution in [3.8, 4) is 0 Å². The predicted molar refractivity (Wildman–Crippen MR) is 159 cm³/mol. The monoisotopic (exact) mass is 547 g/mol. The second-order valence-corrected chi connectivity index (χ2v) is 13.7. The van der Waals surface area contributed by atoms with E-state index in [-0.39, 0.29) is 17.4 Å². The van der Waals surface area contributed by atoms with Crippen molar-refractivity contribution in [2.75, 3.05) is 6.54 Å². The minimum absolute atomic E-state index is 0.0716. The number of allylic oxidation sites excluding steroid dienone is 3. The molecule has 0 bridgehead atoms. The first-order chi connectivity index (χ1) is 19.0. The molecule has 3 aliphatic carbocycles. The summed E-state index contributed by atoms with van der Waals surface area (Å²) >= 11 is 0. The van der Waals surface area contributed by atoms with E-state index in [1.54, 1.807) is 6.92 Å². The Kier molecular flexibility index (Phi) is 8.48. The van der Waals surface area contributed by atoms with Crippen LogP contribution in [0.25, 0.3) is 0 Å². The van der Waals surface area contributed by atoms with Crippen LogP contribution >= 0.6 is 0 Å². The van der Waals surface area contributed by atoms with Gasteiger partial charge >= 0.3 is 0 Å². The van der Waals surface area contributed by atoms with Crippen molar-refractivity contribution in [2.24, 2.45) is 23.2 Å². The number of rotatable bonds is 7. The van der Waals surface area contributed by atoms with Gasteiger partial charge in [0.05, 0.1) is 12.2 Å². The third kappa shape index (κ3) is 5.75. The summed E-state index contributed by atoms with van der Waals surface area (Å²) in [6.45, 7) is 11.3. The van der Waals surface area contributed by atoms with E-state index in [0.717, 1.165) is 30.4 Å². The van der Waals surface area contributed by atoms with E-state index in [0.29, 0.717) is 43.6 Å². The van der Waals surface area contributed by atoms with Crippen molar-refractivity contribution in [2.45, 2.75) is 109 Å². The lowest BCUT2D eigenvalue weighted by Crippen LogP contribution is -2.41. The van der Waals surface area contributed by atoms with E-state index in [2.05, 4.69) is 44.7 Å². The largest absolute Gasteiger partial charge is 0.393 e. The van der Waals surface area contributed by atoms with Gasteiger partial charge < -0.3 is 20.2 Å². The van der Waals surface area contributed by atoms with Crippen molar-refractivity contribution in [1.82, 2.24) is 4.90 Å². The number of fused-ring (bicyclic) bond motifs is 1. The fourth-order valence-corrected chi connectivity index (χ4v) is 8.79. The van der Waals surface area contributed by atoms with Gasteiger partial charge in [0.15, 0.2) is 0 Å². The molecule has 0 spiro atoms. The van der Waals surface area contributed by atoms with E-state index in [4.69, 9.17) is 0 Å². The van der Waals surface area contributed by atoms with E-state index in [1.807, 2.05) is 23.1 Å². The number of hydrogen-bond donors (Lipinski definition) is 3. The lowest BCUT2D eigenvalue weighted by molar-refractivity contribution is -0.142. The maximum Gasteiger partial charge on any atom is 0.254 e. The van der Waals surface area contributed by atoms with Crippen LogP contribution in [0.5, 0.6) is 0 Å².